The van der Waals surface area contributed by atoms with E-state index in [9.17, 15) is 4.79 Å². The molecule has 2 rings (SSSR count). The van der Waals surface area contributed by atoms with Crippen LogP contribution < -0.4 is 11.1 Å². The average Bonchev–Trinajstić information content (AvgIpc) is 2.61. The number of unbranched alkanes of at least 4 members (excludes halogenated alkanes) is 1. The Balaban J connectivity index is 2.39. The van der Waals surface area contributed by atoms with Crippen molar-refractivity contribution in [2.24, 2.45) is 5.73 Å². The Labute approximate surface area is 109 Å². The number of nitrogens with one attached hydrogen (secondary N) is 1. The lowest BCUT2D eigenvalue weighted by molar-refractivity contribution is -0.116. The normalized spacial score (nSPS) is 17.8. The third-order valence-electron chi connectivity index (χ3n) is 4.00. The maximum absolute atomic E-state index is 11.8. The summed E-state index contributed by atoms with van der Waals surface area (Å²) in [5.41, 5.74) is 11.7. The molecule has 0 fully saturated rings. The third kappa shape index (κ3) is 2.15. The first-order valence-electron chi connectivity index (χ1n) is 6.70. The Hall–Kier alpha value is -1.35. The van der Waals surface area contributed by atoms with Gasteiger partial charge in [-0.2, -0.15) is 0 Å². The van der Waals surface area contributed by atoms with Crippen LogP contribution in [0, 0.1) is 13.8 Å². The number of amides is 1. The summed E-state index contributed by atoms with van der Waals surface area (Å²) in [6.45, 7) is 6.97. The topological polar surface area (TPSA) is 55.1 Å². The summed E-state index contributed by atoms with van der Waals surface area (Å²) in [5, 5.41) is 3.04. The number of hydrogen-bond donors (Lipinski definition) is 2. The first-order valence-corrected chi connectivity index (χ1v) is 6.70. The van der Waals surface area contributed by atoms with Gasteiger partial charge in [0.25, 0.3) is 0 Å². The van der Waals surface area contributed by atoms with E-state index in [1.54, 1.807) is 0 Å². The van der Waals surface area contributed by atoms with E-state index >= 15 is 0 Å². The number of nitrogens with two attached hydrogens (primary N) is 1. The highest BCUT2D eigenvalue weighted by Gasteiger charge is 2.29. The number of anilines is 1. The molecule has 0 aliphatic carbocycles. The molecule has 3 heteroatoms. The number of fused-ring (bicyclic) bond motifs is 1. The predicted octanol–water partition coefficient (Wildman–Crippen LogP) is 2.64. The zero-order valence-electron chi connectivity index (χ0n) is 11.5. The zero-order valence-corrected chi connectivity index (χ0v) is 11.5. The predicted molar refractivity (Wildman–Crippen MR) is 75.0 cm³/mol. The van der Waals surface area contributed by atoms with Crippen molar-refractivity contribution in [2.75, 3.05) is 11.9 Å². The number of carbonyl (C=O) groups is 1. The van der Waals surface area contributed by atoms with Crippen LogP contribution in [0.5, 0.6) is 0 Å². The van der Waals surface area contributed by atoms with Gasteiger partial charge in [0.1, 0.15) is 0 Å². The number of carbonyl (C=O) groups excluding carboxylic acids is 1. The lowest BCUT2D eigenvalue weighted by Crippen LogP contribution is -2.09. The molecule has 0 radical (unpaired) electrons. The van der Waals surface area contributed by atoms with Gasteiger partial charge in [-0.3, -0.25) is 4.79 Å². The zero-order chi connectivity index (χ0) is 13.3. The van der Waals surface area contributed by atoms with E-state index in [2.05, 4.69) is 25.2 Å². The van der Waals surface area contributed by atoms with Crippen molar-refractivity contribution < 1.29 is 4.79 Å². The SMILES string of the molecule is Cc1cc2c(c(CCCCN)c1C)NC(=O)C2C. The van der Waals surface area contributed by atoms with Gasteiger partial charge < -0.3 is 11.1 Å². The maximum atomic E-state index is 11.8. The van der Waals surface area contributed by atoms with Crippen LogP contribution in [0.3, 0.4) is 0 Å². The summed E-state index contributed by atoms with van der Waals surface area (Å²) in [5.74, 6) is 0.0997. The van der Waals surface area contributed by atoms with Gasteiger partial charge in [-0.15, -0.1) is 0 Å². The second-order valence-electron chi connectivity index (χ2n) is 5.22. The standard InChI is InChI=1S/C15H22N2O/c1-9-8-13-11(3)15(18)17-14(13)12(10(9)2)6-4-5-7-16/h8,11H,4-7,16H2,1-3H3,(H,17,18). The summed E-state index contributed by atoms with van der Waals surface area (Å²) < 4.78 is 0. The Kier molecular flexibility index (Phi) is 3.71. The summed E-state index contributed by atoms with van der Waals surface area (Å²) in [6, 6.07) is 2.15. The van der Waals surface area contributed by atoms with Gasteiger partial charge in [0, 0.05) is 5.69 Å². The highest BCUT2D eigenvalue weighted by atomic mass is 16.2. The van der Waals surface area contributed by atoms with Gasteiger partial charge in [0.05, 0.1) is 5.92 Å². The third-order valence-corrected chi connectivity index (χ3v) is 4.00. The molecule has 1 aromatic carbocycles. The molecular formula is C15H22N2O. The fraction of sp³-hybridized carbons (Fsp3) is 0.533. The van der Waals surface area contributed by atoms with Gasteiger partial charge in [-0.05, 0) is 68.8 Å². The van der Waals surface area contributed by atoms with E-state index in [4.69, 9.17) is 5.73 Å². The molecule has 1 atom stereocenters. The molecule has 0 saturated heterocycles. The smallest absolute Gasteiger partial charge is 0.231 e. The molecule has 1 unspecified atom stereocenters. The Morgan fingerprint density at radius 1 is 1.33 bits per heavy atom. The van der Waals surface area contributed by atoms with Gasteiger partial charge >= 0.3 is 0 Å². The van der Waals surface area contributed by atoms with Crippen molar-refractivity contribution >= 4 is 11.6 Å². The van der Waals surface area contributed by atoms with Crippen molar-refractivity contribution in [1.82, 2.24) is 0 Å². The fourth-order valence-electron chi connectivity index (χ4n) is 2.63. The molecule has 0 spiro atoms. The first kappa shape index (κ1) is 13.1. The molecule has 18 heavy (non-hydrogen) atoms. The van der Waals surface area contributed by atoms with Crippen molar-refractivity contribution in [3.05, 3.63) is 28.3 Å². The maximum Gasteiger partial charge on any atom is 0.231 e. The van der Waals surface area contributed by atoms with Crippen molar-refractivity contribution in [2.45, 2.75) is 46.0 Å². The van der Waals surface area contributed by atoms with Crippen LogP contribution >= 0.6 is 0 Å². The molecule has 1 aliphatic rings. The van der Waals surface area contributed by atoms with Gasteiger partial charge in [-0.25, -0.2) is 0 Å². The van der Waals surface area contributed by atoms with Gasteiger partial charge in [0.2, 0.25) is 5.91 Å². The minimum atomic E-state index is -0.0208. The average molecular weight is 246 g/mol. The summed E-state index contributed by atoms with van der Waals surface area (Å²) in [4.78, 5) is 11.8. The lowest BCUT2D eigenvalue weighted by atomic mass is 9.91. The van der Waals surface area contributed by atoms with E-state index in [1.165, 1.54) is 16.7 Å². The van der Waals surface area contributed by atoms with Crippen molar-refractivity contribution in [3.63, 3.8) is 0 Å². The second kappa shape index (κ2) is 5.11. The highest BCUT2D eigenvalue weighted by Crippen LogP contribution is 2.38. The first-order chi connectivity index (χ1) is 8.56. The Morgan fingerprint density at radius 3 is 2.72 bits per heavy atom. The molecule has 1 aromatic rings. The molecular weight excluding hydrogens is 224 g/mol. The summed E-state index contributed by atoms with van der Waals surface area (Å²) in [6.07, 6.45) is 3.11. The van der Waals surface area contributed by atoms with E-state index in [0.717, 1.165) is 37.1 Å². The van der Waals surface area contributed by atoms with E-state index < -0.39 is 0 Å². The lowest BCUT2D eigenvalue weighted by Gasteiger charge is -2.15. The van der Waals surface area contributed by atoms with Crippen LogP contribution in [0.25, 0.3) is 0 Å². The molecule has 0 saturated carbocycles. The molecule has 1 heterocycles. The molecule has 1 aliphatic heterocycles. The fourth-order valence-corrected chi connectivity index (χ4v) is 2.63. The number of benzene rings is 1. The molecule has 3 nitrogen and oxygen atoms in total. The summed E-state index contributed by atoms with van der Waals surface area (Å²) in [7, 11) is 0. The largest absolute Gasteiger partial charge is 0.330 e. The number of hydrogen-bond acceptors (Lipinski definition) is 2. The van der Waals surface area contributed by atoms with Crippen molar-refractivity contribution in [3.8, 4) is 0 Å². The van der Waals surface area contributed by atoms with E-state index in [-0.39, 0.29) is 11.8 Å². The Bertz CT molecular complexity index is 480. The summed E-state index contributed by atoms with van der Waals surface area (Å²) >= 11 is 0. The molecule has 98 valence electrons. The van der Waals surface area contributed by atoms with E-state index in [0.29, 0.717) is 0 Å². The molecule has 1 amide bonds. The van der Waals surface area contributed by atoms with Gasteiger partial charge in [-0.1, -0.05) is 6.07 Å². The minimum Gasteiger partial charge on any atom is -0.330 e. The van der Waals surface area contributed by atoms with Gasteiger partial charge in [0.15, 0.2) is 0 Å². The number of aryl methyl sites for hydroxylation is 1. The van der Waals surface area contributed by atoms with Crippen LogP contribution in [0.4, 0.5) is 5.69 Å². The number of rotatable bonds is 4. The monoisotopic (exact) mass is 246 g/mol. The van der Waals surface area contributed by atoms with Crippen molar-refractivity contribution in [1.29, 1.82) is 0 Å². The van der Waals surface area contributed by atoms with E-state index in [1.807, 2.05) is 6.92 Å². The van der Waals surface area contributed by atoms with Crippen LogP contribution in [-0.4, -0.2) is 12.5 Å². The second-order valence-corrected chi connectivity index (χ2v) is 5.22. The molecule has 0 aromatic heterocycles. The highest BCUT2D eigenvalue weighted by molar-refractivity contribution is 6.03. The Morgan fingerprint density at radius 2 is 2.06 bits per heavy atom. The van der Waals surface area contributed by atoms with Crippen LogP contribution in [-0.2, 0) is 11.2 Å². The quantitative estimate of drug-likeness (QED) is 0.802. The molecule has 3 N–H and O–H groups in total. The minimum absolute atomic E-state index is 0.0208. The van der Waals surface area contributed by atoms with Crippen LogP contribution in [0.15, 0.2) is 6.07 Å². The molecule has 0 bridgehead atoms. The van der Waals surface area contributed by atoms with Crippen LogP contribution in [0.2, 0.25) is 0 Å². The van der Waals surface area contributed by atoms with Crippen LogP contribution in [0.1, 0.15) is 47.9 Å².